The number of nitrogens with zero attached hydrogens (tertiary/aromatic N) is 3. The fourth-order valence-corrected chi connectivity index (χ4v) is 4.15. The van der Waals surface area contributed by atoms with E-state index in [1.807, 2.05) is 0 Å². The second kappa shape index (κ2) is 8.74. The molecule has 30 heavy (non-hydrogen) atoms. The van der Waals surface area contributed by atoms with Crippen LogP contribution in [0.5, 0.6) is 0 Å². The van der Waals surface area contributed by atoms with Gasteiger partial charge in [-0.2, -0.15) is 0 Å². The second-order valence-electron chi connectivity index (χ2n) is 9.86. The largest absolute Gasteiger partial charge is 0.330 e. The smallest absolute Gasteiger partial charge is 0.248 e. The van der Waals surface area contributed by atoms with Crippen LogP contribution in [-0.4, -0.2) is 53.3 Å². The Morgan fingerprint density at radius 2 is 1.83 bits per heavy atom. The Hall–Kier alpha value is -2.44. The third kappa shape index (κ3) is 5.80. The van der Waals surface area contributed by atoms with Crippen molar-refractivity contribution in [3.05, 3.63) is 30.1 Å². The molecule has 1 saturated carbocycles. The molecule has 164 valence electrons. The summed E-state index contributed by atoms with van der Waals surface area (Å²) in [5, 5.41) is 0. The summed E-state index contributed by atoms with van der Waals surface area (Å²) in [6.45, 7) is 8.67. The Morgan fingerprint density at radius 1 is 1.20 bits per heavy atom. The van der Waals surface area contributed by atoms with Crippen LogP contribution in [-0.2, 0) is 14.4 Å². The molecule has 3 rings (SSSR count). The summed E-state index contributed by atoms with van der Waals surface area (Å²) in [5.41, 5.74) is 0.711. The van der Waals surface area contributed by atoms with Gasteiger partial charge in [-0.1, -0.05) is 27.7 Å². The van der Waals surface area contributed by atoms with Crippen LogP contribution in [0, 0.1) is 17.2 Å². The molecule has 1 aromatic rings. The standard InChI is InChI=1S/C23H32FN3O3/c1-16(12-23(2,3)4)11-20(28)26(18-9-10-18)14-21(29)25-13-22(30)27(15-25)19-7-5-17(24)6-8-19/h5-8,16,18H,9-15H2,1-4H3/t16-/m1/s1. The van der Waals surface area contributed by atoms with Crippen LogP contribution in [0.2, 0.25) is 0 Å². The zero-order valence-electron chi connectivity index (χ0n) is 18.4. The van der Waals surface area contributed by atoms with Crippen molar-refractivity contribution in [3.8, 4) is 0 Å². The number of halogens is 1. The molecule has 0 aromatic heterocycles. The average molecular weight is 418 g/mol. The highest BCUT2D eigenvalue weighted by Crippen LogP contribution is 2.31. The number of rotatable bonds is 7. The Bertz CT molecular complexity index is 799. The monoisotopic (exact) mass is 417 g/mol. The SMILES string of the molecule is C[C@H](CC(=O)N(CC(=O)N1CC(=O)N(c2ccc(F)cc2)C1)C1CC1)CC(C)(C)C. The number of anilines is 1. The van der Waals surface area contributed by atoms with Gasteiger partial charge in [-0.25, -0.2) is 4.39 Å². The average Bonchev–Trinajstić information content (AvgIpc) is 3.40. The van der Waals surface area contributed by atoms with Crippen molar-refractivity contribution in [2.24, 2.45) is 11.3 Å². The first-order valence-electron chi connectivity index (χ1n) is 10.7. The van der Waals surface area contributed by atoms with E-state index in [0.717, 1.165) is 19.3 Å². The maximum Gasteiger partial charge on any atom is 0.248 e. The molecule has 0 spiro atoms. The Balaban J connectivity index is 1.59. The Labute approximate surface area is 178 Å². The van der Waals surface area contributed by atoms with Crippen LogP contribution >= 0.6 is 0 Å². The van der Waals surface area contributed by atoms with Crippen LogP contribution in [0.15, 0.2) is 24.3 Å². The minimum absolute atomic E-state index is 0.0102. The van der Waals surface area contributed by atoms with Gasteiger partial charge in [0.05, 0.1) is 0 Å². The lowest BCUT2D eigenvalue weighted by molar-refractivity contribution is -0.141. The quantitative estimate of drug-likeness (QED) is 0.683. The molecule has 3 amide bonds. The molecule has 1 aliphatic carbocycles. The molecule has 0 unspecified atom stereocenters. The lowest BCUT2D eigenvalue weighted by Gasteiger charge is -2.28. The van der Waals surface area contributed by atoms with E-state index < -0.39 is 0 Å². The van der Waals surface area contributed by atoms with Crippen molar-refractivity contribution in [1.29, 1.82) is 0 Å². The third-order valence-electron chi connectivity index (χ3n) is 5.53. The van der Waals surface area contributed by atoms with Crippen LogP contribution in [0.4, 0.5) is 10.1 Å². The lowest BCUT2D eigenvalue weighted by atomic mass is 9.84. The summed E-state index contributed by atoms with van der Waals surface area (Å²) in [5.74, 6) is -0.549. The summed E-state index contributed by atoms with van der Waals surface area (Å²) in [7, 11) is 0. The molecule has 2 fully saturated rings. The Morgan fingerprint density at radius 3 is 2.40 bits per heavy atom. The molecule has 0 radical (unpaired) electrons. The summed E-state index contributed by atoms with van der Waals surface area (Å²) in [4.78, 5) is 42.8. The van der Waals surface area contributed by atoms with Gasteiger partial charge in [0.15, 0.2) is 0 Å². The van der Waals surface area contributed by atoms with Gasteiger partial charge >= 0.3 is 0 Å². The maximum absolute atomic E-state index is 13.2. The van der Waals surface area contributed by atoms with Crippen LogP contribution in [0.1, 0.15) is 53.4 Å². The van der Waals surface area contributed by atoms with Crippen molar-refractivity contribution in [1.82, 2.24) is 9.80 Å². The van der Waals surface area contributed by atoms with Crippen molar-refractivity contribution >= 4 is 23.4 Å². The van der Waals surface area contributed by atoms with Crippen LogP contribution in [0.25, 0.3) is 0 Å². The summed E-state index contributed by atoms with van der Waals surface area (Å²) < 4.78 is 13.2. The minimum Gasteiger partial charge on any atom is -0.330 e. The molecule has 0 bridgehead atoms. The normalized spacial score (nSPS) is 18.0. The number of hydrogen-bond donors (Lipinski definition) is 0. The maximum atomic E-state index is 13.2. The first-order chi connectivity index (χ1) is 14.0. The van der Waals surface area contributed by atoms with Gasteiger partial charge < -0.3 is 9.80 Å². The highest BCUT2D eigenvalue weighted by molar-refractivity contribution is 6.00. The zero-order chi connectivity index (χ0) is 22.1. The van der Waals surface area contributed by atoms with Crippen LogP contribution < -0.4 is 4.90 Å². The predicted molar refractivity (Wildman–Crippen MR) is 113 cm³/mol. The van der Waals surface area contributed by atoms with E-state index in [9.17, 15) is 18.8 Å². The molecule has 0 N–H and O–H groups in total. The highest BCUT2D eigenvalue weighted by Gasteiger charge is 2.38. The van der Waals surface area contributed by atoms with Crippen LogP contribution in [0.3, 0.4) is 0 Å². The van der Waals surface area contributed by atoms with Gasteiger partial charge in [-0.15, -0.1) is 0 Å². The van der Waals surface area contributed by atoms with E-state index in [1.165, 1.54) is 34.1 Å². The van der Waals surface area contributed by atoms with E-state index in [2.05, 4.69) is 27.7 Å². The number of hydrogen-bond acceptors (Lipinski definition) is 3. The van der Waals surface area contributed by atoms with E-state index in [1.54, 1.807) is 4.90 Å². The fourth-order valence-electron chi connectivity index (χ4n) is 4.15. The first kappa shape index (κ1) is 22.2. The number of benzene rings is 1. The third-order valence-corrected chi connectivity index (χ3v) is 5.53. The molecular weight excluding hydrogens is 385 g/mol. The fraction of sp³-hybridized carbons (Fsp3) is 0.609. The molecule has 1 aliphatic heterocycles. The molecule has 1 aromatic carbocycles. The summed E-state index contributed by atoms with van der Waals surface area (Å²) in [6.07, 6.45) is 3.22. The Kier molecular flexibility index (Phi) is 6.48. The molecular formula is C23H32FN3O3. The van der Waals surface area contributed by atoms with E-state index in [0.29, 0.717) is 12.1 Å². The van der Waals surface area contributed by atoms with E-state index in [4.69, 9.17) is 0 Å². The van der Waals surface area contributed by atoms with E-state index in [-0.39, 0.29) is 60.7 Å². The second-order valence-corrected chi connectivity index (χ2v) is 9.86. The van der Waals surface area contributed by atoms with Gasteiger partial charge in [0.2, 0.25) is 17.7 Å². The molecule has 1 atom stereocenters. The minimum atomic E-state index is -0.377. The van der Waals surface area contributed by atoms with E-state index >= 15 is 0 Å². The zero-order valence-corrected chi connectivity index (χ0v) is 18.4. The topological polar surface area (TPSA) is 60.9 Å². The van der Waals surface area contributed by atoms with Crippen molar-refractivity contribution in [2.75, 3.05) is 24.7 Å². The van der Waals surface area contributed by atoms with Crippen molar-refractivity contribution in [2.45, 2.75) is 59.4 Å². The molecule has 1 saturated heterocycles. The van der Waals surface area contributed by atoms with Crippen molar-refractivity contribution in [3.63, 3.8) is 0 Å². The molecule has 6 nitrogen and oxygen atoms in total. The number of carbonyl (C=O) groups excluding carboxylic acids is 3. The first-order valence-corrected chi connectivity index (χ1v) is 10.7. The van der Waals surface area contributed by atoms with Crippen molar-refractivity contribution < 1.29 is 18.8 Å². The molecule has 7 heteroatoms. The summed E-state index contributed by atoms with van der Waals surface area (Å²) >= 11 is 0. The van der Waals surface area contributed by atoms with Gasteiger partial charge in [0, 0.05) is 18.2 Å². The molecule has 2 aliphatic rings. The number of amides is 3. The highest BCUT2D eigenvalue weighted by atomic mass is 19.1. The van der Waals surface area contributed by atoms with Gasteiger partial charge in [0.1, 0.15) is 25.6 Å². The predicted octanol–water partition coefficient (Wildman–Crippen LogP) is 3.41. The summed E-state index contributed by atoms with van der Waals surface area (Å²) in [6, 6.07) is 5.77. The van der Waals surface area contributed by atoms with Gasteiger partial charge in [-0.05, 0) is 54.9 Å². The number of carbonyl (C=O) groups is 3. The van der Waals surface area contributed by atoms with Gasteiger partial charge in [0.25, 0.3) is 0 Å². The molecule has 1 heterocycles. The van der Waals surface area contributed by atoms with Gasteiger partial charge in [-0.3, -0.25) is 19.3 Å². The lowest BCUT2D eigenvalue weighted by Crippen LogP contribution is -2.44.